The average Bonchev–Trinajstić information content (AvgIpc) is 3.42. The highest BCUT2D eigenvalue weighted by atomic mass is 32.2. The molecule has 3 heterocycles. The lowest BCUT2D eigenvalue weighted by molar-refractivity contribution is 0.413. The van der Waals surface area contributed by atoms with E-state index in [-0.39, 0.29) is 5.75 Å². The van der Waals surface area contributed by atoms with Gasteiger partial charge in [0.1, 0.15) is 17.8 Å². The standard InChI is InChI=1S/C20H15N5O4S/c1-28-20-4-5-22-11-15(20)8-14(10-21)18-12-24-19-3-2-16(9-17(18)19)29-30(26,27)25-7-6-23-13-25/h2-9,11-13,24H,1H3/b14-8+. The molecule has 0 atom stereocenters. The Labute approximate surface area is 172 Å². The molecule has 30 heavy (non-hydrogen) atoms. The number of fused-ring (bicyclic) bond motifs is 1. The molecular formula is C20H15N5O4S. The van der Waals surface area contributed by atoms with Crippen LogP contribution in [0.2, 0.25) is 0 Å². The predicted octanol–water partition coefficient (Wildman–Crippen LogP) is 3.00. The van der Waals surface area contributed by atoms with Crippen molar-refractivity contribution in [3.05, 3.63) is 72.7 Å². The summed E-state index contributed by atoms with van der Waals surface area (Å²) in [6.45, 7) is 0. The van der Waals surface area contributed by atoms with Crippen molar-refractivity contribution in [3.63, 3.8) is 0 Å². The summed E-state index contributed by atoms with van der Waals surface area (Å²) in [6, 6.07) is 8.63. The molecule has 0 saturated heterocycles. The lowest BCUT2D eigenvalue weighted by Gasteiger charge is -2.07. The molecule has 4 rings (SSSR count). The van der Waals surface area contributed by atoms with E-state index in [1.54, 1.807) is 42.9 Å². The fraction of sp³-hybridized carbons (Fsp3) is 0.0500. The van der Waals surface area contributed by atoms with Crippen molar-refractivity contribution in [2.24, 2.45) is 0 Å². The quantitative estimate of drug-likeness (QED) is 0.475. The van der Waals surface area contributed by atoms with Gasteiger partial charge < -0.3 is 13.9 Å². The molecule has 0 aliphatic rings. The van der Waals surface area contributed by atoms with Gasteiger partial charge in [-0.25, -0.2) is 8.96 Å². The van der Waals surface area contributed by atoms with Crippen molar-refractivity contribution in [2.75, 3.05) is 7.11 Å². The van der Waals surface area contributed by atoms with Crippen LogP contribution >= 0.6 is 0 Å². The molecule has 0 amide bonds. The van der Waals surface area contributed by atoms with Crippen LogP contribution < -0.4 is 8.92 Å². The SMILES string of the molecule is COc1ccncc1/C=C(\C#N)c1c[nH]c2ccc(OS(=O)(=O)n3ccnc3)cc12. The van der Waals surface area contributed by atoms with Gasteiger partial charge in [0.2, 0.25) is 0 Å². The maximum atomic E-state index is 12.3. The van der Waals surface area contributed by atoms with E-state index < -0.39 is 10.3 Å². The van der Waals surface area contributed by atoms with Crippen LogP contribution in [0.4, 0.5) is 0 Å². The van der Waals surface area contributed by atoms with Crippen molar-refractivity contribution < 1.29 is 17.3 Å². The van der Waals surface area contributed by atoms with Crippen LogP contribution in [0, 0.1) is 11.3 Å². The number of benzene rings is 1. The number of rotatable bonds is 6. The van der Waals surface area contributed by atoms with Crippen molar-refractivity contribution in [1.82, 2.24) is 18.9 Å². The van der Waals surface area contributed by atoms with Crippen LogP contribution in [0.5, 0.6) is 11.5 Å². The lowest BCUT2D eigenvalue weighted by atomic mass is 10.0. The Morgan fingerprint density at radius 2 is 2.13 bits per heavy atom. The van der Waals surface area contributed by atoms with Gasteiger partial charge in [0, 0.05) is 53.0 Å². The van der Waals surface area contributed by atoms with Gasteiger partial charge in [-0.3, -0.25) is 4.98 Å². The molecule has 9 nitrogen and oxygen atoms in total. The summed E-state index contributed by atoms with van der Waals surface area (Å²) in [4.78, 5) is 10.9. The van der Waals surface area contributed by atoms with E-state index in [9.17, 15) is 13.7 Å². The third kappa shape index (κ3) is 3.61. The number of hydrogen-bond donors (Lipinski definition) is 1. The number of H-pyrrole nitrogens is 1. The maximum Gasteiger partial charge on any atom is 0.414 e. The third-order valence-electron chi connectivity index (χ3n) is 4.33. The number of nitrogens with one attached hydrogen (secondary N) is 1. The number of aromatic amines is 1. The second-order valence-corrected chi connectivity index (χ2v) is 7.57. The van der Waals surface area contributed by atoms with Crippen molar-refractivity contribution in [1.29, 1.82) is 5.26 Å². The van der Waals surface area contributed by atoms with Gasteiger partial charge in [0.05, 0.1) is 18.8 Å². The lowest BCUT2D eigenvalue weighted by Crippen LogP contribution is -2.17. The number of allylic oxidation sites excluding steroid dienone is 1. The first-order valence-corrected chi connectivity index (χ1v) is 10.0. The van der Waals surface area contributed by atoms with E-state index in [4.69, 9.17) is 8.92 Å². The van der Waals surface area contributed by atoms with E-state index in [2.05, 4.69) is 21.0 Å². The van der Waals surface area contributed by atoms with E-state index in [1.807, 2.05) is 0 Å². The molecule has 4 aromatic rings. The molecule has 0 unspecified atom stereocenters. The van der Waals surface area contributed by atoms with E-state index in [1.165, 1.54) is 25.6 Å². The molecule has 0 saturated carbocycles. The number of nitriles is 1. The van der Waals surface area contributed by atoms with Gasteiger partial charge in [-0.15, -0.1) is 0 Å². The molecule has 0 spiro atoms. The van der Waals surface area contributed by atoms with Gasteiger partial charge in [0.15, 0.2) is 0 Å². The van der Waals surface area contributed by atoms with Crippen molar-refractivity contribution in [2.45, 2.75) is 0 Å². The van der Waals surface area contributed by atoms with Gasteiger partial charge in [-0.2, -0.15) is 13.7 Å². The summed E-state index contributed by atoms with van der Waals surface area (Å²) in [6.07, 6.45) is 10.3. The molecule has 0 radical (unpaired) electrons. The smallest absolute Gasteiger partial charge is 0.414 e. The molecule has 0 bridgehead atoms. The monoisotopic (exact) mass is 421 g/mol. The highest BCUT2D eigenvalue weighted by Gasteiger charge is 2.17. The summed E-state index contributed by atoms with van der Waals surface area (Å²) in [5.41, 5.74) is 2.30. The van der Waals surface area contributed by atoms with Gasteiger partial charge in [-0.05, 0) is 30.3 Å². The molecule has 10 heteroatoms. The molecule has 0 fully saturated rings. The van der Waals surface area contributed by atoms with Crippen molar-refractivity contribution >= 4 is 32.9 Å². The zero-order valence-electron chi connectivity index (χ0n) is 15.7. The Morgan fingerprint density at radius 3 is 2.87 bits per heavy atom. The van der Waals surface area contributed by atoms with Crippen LogP contribution in [0.1, 0.15) is 11.1 Å². The molecule has 3 aromatic heterocycles. The number of pyridine rings is 1. The molecule has 0 aliphatic carbocycles. The van der Waals surface area contributed by atoms with Gasteiger partial charge in [0.25, 0.3) is 0 Å². The second-order valence-electron chi connectivity index (χ2n) is 6.13. The Kier molecular flexibility index (Phi) is 4.95. The minimum atomic E-state index is -4.08. The first kappa shape index (κ1) is 19.2. The van der Waals surface area contributed by atoms with Crippen LogP contribution in [0.3, 0.4) is 0 Å². The second kappa shape index (κ2) is 7.73. The maximum absolute atomic E-state index is 12.3. The Hall–Kier alpha value is -4.10. The molecule has 0 aliphatic heterocycles. The zero-order chi connectivity index (χ0) is 21.1. The number of nitrogens with zero attached hydrogens (tertiary/aromatic N) is 4. The minimum absolute atomic E-state index is 0.105. The topological polar surface area (TPSA) is 123 Å². The Balaban J connectivity index is 1.76. The van der Waals surface area contributed by atoms with E-state index in [0.717, 1.165) is 15.8 Å². The number of hydrogen-bond acceptors (Lipinski definition) is 7. The van der Waals surface area contributed by atoms with Gasteiger partial charge in [-0.1, -0.05) is 0 Å². The van der Waals surface area contributed by atoms with Crippen LogP contribution in [0.15, 0.2) is 61.6 Å². The molecule has 1 N–H and O–H groups in total. The molecule has 150 valence electrons. The first-order chi connectivity index (χ1) is 14.5. The largest absolute Gasteiger partial charge is 0.496 e. The van der Waals surface area contributed by atoms with Gasteiger partial charge >= 0.3 is 10.3 Å². The Morgan fingerprint density at radius 1 is 1.27 bits per heavy atom. The van der Waals surface area contributed by atoms with Crippen LogP contribution in [-0.4, -0.2) is 34.5 Å². The van der Waals surface area contributed by atoms with E-state index in [0.29, 0.717) is 27.8 Å². The summed E-state index contributed by atoms with van der Waals surface area (Å²) in [5.74, 6) is 0.682. The summed E-state index contributed by atoms with van der Waals surface area (Å²) >= 11 is 0. The summed E-state index contributed by atoms with van der Waals surface area (Å²) in [5, 5.41) is 10.4. The summed E-state index contributed by atoms with van der Waals surface area (Å²) < 4.78 is 36.0. The number of imidazole rings is 1. The number of methoxy groups -OCH3 is 1. The molecular weight excluding hydrogens is 406 g/mol. The zero-order valence-corrected chi connectivity index (χ0v) is 16.5. The minimum Gasteiger partial charge on any atom is -0.496 e. The predicted molar refractivity (Wildman–Crippen MR) is 110 cm³/mol. The fourth-order valence-corrected chi connectivity index (χ4v) is 3.74. The third-order valence-corrected chi connectivity index (χ3v) is 5.47. The van der Waals surface area contributed by atoms with Crippen LogP contribution in [0.25, 0.3) is 22.6 Å². The van der Waals surface area contributed by atoms with E-state index >= 15 is 0 Å². The summed E-state index contributed by atoms with van der Waals surface area (Å²) in [7, 11) is -2.54. The Bertz CT molecular complexity index is 1380. The van der Waals surface area contributed by atoms with Crippen LogP contribution in [-0.2, 0) is 10.3 Å². The first-order valence-electron chi connectivity index (χ1n) is 8.66. The molecule has 1 aromatic carbocycles. The fourth-order valence-electron chi connectivity index (χ4n) is 2.93. The normalized spacial score (nSPS) is 11.9. The van der Waals surface area contributed by atoms with Crippen molar-refractivity contribution in [3.8, 4) is 17.6 Å². The number of ether oxygens (including phenoxy) is 1. The highest BCUT2D eigenvalue weighted by Crippen LogP contribution is 2.31. The number of aromatic nitrogens is 4. The highest BCUT2D eigenvalue weighted by molar-refractivity contribution is 7.85. The average molecular weight is 421 g/mol.